The molecule has 2 fully saturated rings. The molecule has 2 aliphatic rings. The van der Waals surface area contributed by atoms with E-state index in [0.29, 0.717) is 6.04 Å². The molecule has 2 rings (SSSR count). The summed E-state index contributed by atoms with van der Waals surface area (Å²) in [6.45, 7) is 10.4. The van der Waals surface area contributed by atoms with Crippen molar-refractivity contribution in [1.82, 2.24) is 10.2 Å². The summed E-state index contributed by atoms with van der Waals surface area (Å²) in [4.78, 5) is 2.63. The molecule has 0 amide bonds. The SMILES string of the molecule is CCCNCC1COCCN1CC1CCOCC1. The van der Waals surface area contributed by atoms with Gasteiger partial charge >= 0.3 is 0 Å². The van der Waals surface area contributed by atoms with Gasteiger partial charge in [-0.1, -0.05) is 6.92 Å². The Balaban J connectivity index is 1.75. The van der Waals surface area contributed by atoms with Crippen molar-refractivity contribution in [2.75, 3.05) is 52.6 Å². The Bertz CT molecular complexity index is 220. The molecule has 1 atom stereocenters. The summed E-state index contributed by atoms with van der Waals surface area (Å²) in [6.07, 6.45) is 3.66. The predicted octanol–water partition coefficient (Wildman–Crippen LogP) is 1.11. The maximum atomic E-state index is 5.63. The van der Waals surface area contributed by atoms with Crippen molar-refractivity contribution >= 4 is 0 Å². The van der Waals surface area contributed by atoms with Crippen LogP contribution in [0.3, 0.4) is 0 Å². The van der Waals surface area contributed by atoms with Crippen LogP contribution in [0.25, 0.3) is 0 Å². The van der Waals surface area contributed by atoms with Crippen LogP contribution in [0, 0.1) is 5.92 Å². The topological polar surface area (TPSA) is 33.7 Å². The summed E-state index contributed by atoms with van der Waals surface area (Å²) in [7, 11) is 0. The van der Waals surface area contributed by atoms with E-state index in [4.69, 9.17) is 9.47 Å². The second-order valence-corrected chi connectivity index (χ2v) is 5.48. The van der Waals surface area contributed by atoms with Crippen LogP contribution in [-0.2, 0) is 9.47 Å². The fourth-order valence-corrected chi connectivity index (χ4v) is 2.82. The van der Waals surface area contributed by atoms with Gasteiger partial charge in [-0.25, -0.2) is 0 Å². The number of hydrogen-bond acceptors (Lipinski definition) is 4. The molecule has 4 nitrogen and oxygen atoms in total. The first-order chi connectivity index (χ1) is 8.90. The average molecular weight is 256 g/mol. The standard InChI is InChI=1S/C14H28N2O2/c1-2-5-15-10-14-12-18-9-6-16(14)11-13-3-7-17-8-4-13/h13-15H,2-12H2,1H3. The third-order valence-electron chi connectivity index (χ3n) is 3.99. The smallest absolute Gasteiger partial charge is 0.0634 e. The van der Waals surface area contributed by atoms with E-state index in [0.717, 1.165) is 52.0 Å². The van der Waals surface area contributed by atoms with Crippen LogP contribution in [0.1, 0.15) is 26.2 Å². The first-order valence-corrected chi connectivity index (χ1v) is 7.50. The fourth-order valence-electron chi connectivity index (χ4n) is 2.82. The highest BCUT2D eigenvalue weighted by atomic mass is 16.5. The number of rotatable bonds is 6. The number of nitrogens with one attached hydrogen (secondary N) is 1. The Kier molecular flexibility index (Phi) is 6.41. The quantitative estimate of drug-likeness (QED) is 0.722. The summed E-state index contributed by atoms with van der Waals surface area (Å²) in [5.41, 5.74) is 0. The summed E-state index contributed by atoms with van der Waals surface area (Å²) in [5, 5.41) is 3.53. The van der Waals surface area contributed by atoms with Crippen LogP contribution in [0.15, 0.2) is 0 Å². The lowest BCUT2D eigenvalue weighted by atomic mass is 9.98. The minimum Gasteiger partial charge on any atom is -0.381 e. The largest absolute Gasteiger partial charge is 0.381 e. The van der Waals surface area contributed by atoms with E-state index in [1.807, 2.05) is 0 Å². The molecule has 0 aromatic heterocycles. The third kappa shape index (κ3) is 4.50. The van der Waals surface area contributed by atoms with Crippen LogP contribution >= 0.6 is 0 Å². The Morgan fingerprint density at radius 1 is 1.17 bits per heavy atom. The van der Waals surface area contributed by atoms with E-state index in [1.165, 1.54) is 25.8 Å². The molecule has 0 aromatic rings. The highest BCUT2D eigenvalue weighted by Gasteiger charge is 2.26. The highest BCUT2D eigenvalue weighted by Crippen LogP contribution is 2.18. The van der Waals surface area contributed by atoms with Gasteiger partial charge in [0.15, 0.2) is 0 Å². The molecule has 0 radical (unpaired) electrons. The lowest BCUT2D eigenvalue weighted by molar-refractivity contribution is -0.0250. The Labute approximate surface area is 111 Å². The van der Waals surface area contributed by atoms with Crippen LogP contribution in [-0.4, -0.2) is 63.5 Å². The first-order valence-electron chi connectivity index (χ1n) is 7.50. The van der Waals surface area contributed by atoms with E-state index in [-0.39, 0.29) is 0 Å². The Hall–Kier alpha value is -0.160. The molecule has 106 valence electrons. The monoisotopic (exact) mass is 256 g/mol. The maximum Gasteiger partial charge on any atom is 0.0634 e. The lowest BCUT2D eigenvalue weighted by Gasteiger charge is -2.38. The van der Waals surface area contributed by atoms with Crippen molar-refractivity contribution in [3.63, 3.8) is 0 Å². The zero-order chi connectivity index (χ0) is 12.6. The molecule has 4 heteroatoms. The van der Waals surface area contributed by atoms with Gasteiger partial charge in [0.05, 0.1) is 13.2 Å². The van der Waals surface area contributed by atoms with Gasteiger partial charge in [-0.3, -0.25) is 4.90 Å². The van der Waals surface area contributed by atoms with Crippen molar-refractivity contribution in [2.24, 2.45) is 5.92 Å². The van der Waals surface area contributed by atoms with Crippen molar-refractivity contribution in [1.29, 1.82) is 0 Å². The molecule has 2 aliphatic heterocycles. The normalized spacial score (nSPS) is 27.5. The zero-order valence-electron chi connectivity index (χ0n) is 11.7. The van der Waals surface area contributed by atoms with Crippen molar-refractivity contribution in [3.05, 3.63) is 0 Å². The van der Waals surface area contributed by atoms with Crippen molar-refractivity contribution in [3.8, 4) is 0 Å². The molecule has 0 saturated carbocycles. The molecule has 0 bridgehead atoms. The second kappa shape index (κ2) is 8.10. The summed E-state index contributed by atoms with van der Waals surface area (Å²) < 4.78 is 11.1. The molecule has 0 aliphatic carbocycles. The zero-order valence-corrected chi connectivity index (χ0v) is 11.7. The maximum absolute atomic E-state index is 5.63. The van der Waals surface area contributed by atoms with Crippen LogP contribution in [0.4, 0.5) is 0 Å². The van der Waals surface area contributed by atoms with E-state index < -0.39 is 0 Å². The molecule has 1 N–H and O–H groups in total. The summed E-state index contributed by atoms with van der Waals surface area (Å²) >= 11 is 0. The van der Waals surface area contributed by atoms with Crippen LogP contribution in [0.2, 0.25) is 0 Å². The molecule has 0 spiro atoms. The summed E-state index contributed by atoms with van der Waals surface area (Å²) in [6, 6.07) is 0.563. The molecule has 2 heterocycles. The van der Waals surface area contributed by atoms with Gasteiger partial charge in [-0.05, 0) is 31.7 Å². The predicted molar refractivity (Wildman–Crippen MR) is 72.9 cm³/mol. The number of morpholine rings is 1. The minimum absolute atomic E-state index is 0.563. The molecule has 1 unspecified atom stereocenters. The number of hydrogen-bond donors (Lipinski definition) is 1. The fraction of sp³-hybridized carbons (Fsp3) is 1.00. The highest BCUT2D eigenvalue weighted by molar-refractivity contribution is 4.80. The van der Waals surface area contributed by atoms with Gasteiger partial charge in [0.25, 0.3) is 0 Å². The van der Waals surface area contributed by atoms with Crippen molar-refractivity contribution in [2.45, 2.75) is 32.2 Å². The van der Waals surface area contributed by atoms with E-state index in [2.05, 4.69) is 17.1 Å². The van der Waals surface area contributed by atoms with Gasteiger partial charge in [-0.2, -0.15) is 0 Å². The summed E-state index contributed by atoms with van der Waals surface area (Å²) in [5.74, 6) is 0.825. The van der Waals surface area contributed by atoms with Crippen LogP contribution in [0.5, 0.6) is 0 Å². The molecule has 18 heavy (non-hydrogen) atoms. The molecular formula is C14H28N2O2. The third-order valence-corrected chi connectivity index (χ3v) is 3.99. The van der Waals surface area contributed by atoms with Gasteiger partial charge in [0, 0.05) is 38.9 Å². The van der Waals surface area contributed by atoms with E-state index in [9.17, 15) is 0 Å². The number of nitrogens with zero attached hydrogens (tertiary/aromatic N) is 1. The van der Waals surface area contributed by atoms with Gasteiger partial charge in [0.2, 0.25) is 0 Å². The van der Waals surface area contributed by atoms with Gasteiger partial charge < -0.3 is 14.8 Å². The van der Waals surface area contributed by atoms with Crippen LogP contribution < -0.4 is 5.32 Å². The van der Waals surface area contributed by atoms with E-state index >= 15 is 0 Å². The molecule has 0 aromatic carbocycles. The van der Waals surface area contributed by atoms with E-state index in [1.54, 1.807) is 0 Å². The Morgan fingerprint density at radius 2 is 2.00 bits per heavy atom. The Morgan fingerprint density at radius 3 is 2.78 bits per heavy atom. The van der Waals surface area contributed by atoms with Gasteiger partial charge in [-0.15, -0.1) is 0 Å². The second-order valence-electron chi connectivity index (χ2n) is 5.48. The average Bonchev–Trinajstić information content (AvgIpc) is 2.42. The molecule has 2 saturated heterocycles. The number of ether oxygens (including phenoxy) is 2. The minimum atomic E-state index is 0.563. The first kappa shape index (κ1) is 14.3. The van der Waals surface area contributed by atoms with Crippen molar-refractivity contribution < 1.29 is 9.47 Å². The lowest BCUT2D eigenvalue weighted by Crippen LogP contribution is -2.52. The molecular weight excluding hydrogens is 228 g/mol. The van der Waals surface area contributed by atoms with Gasteiger partial charge in [0.1, 0.15) is 0 Å².